The van der Waals surface area contributed by atoms with Crippen molar-refractivity contribution in [1.29, 1.82) is 0 Å². The smallest absolute Gasteiger partial charge is 0.266 e. The predicted molar refractivity (Wildman–Crippen MR) is 178 cm³/mol. The SMILES string of the molecule is C=CC[C@]1(C(=O)NNCc2ccccc2Sc2ccccc2)N=C(c2ccc(OCCCO)cc2)O[C@H]1c1ccc(Br)cc1. The number of benzene rings is 4. The van der Waals surface area contributed by atoms with Crippen molar-refractivity contribution in [3.05, 3.63) is 137 Å². The number of nitrogens with zero attached hydrogens (tertiary/aromatic N) is 1. The maximum absolute atomic E-state index is 14.1. The highest BCUT2D eigenvalue weighted by atomic mass is 79.9. The normalized spacial score (nSPS) is 17.4. The molecule has 0 unspecified atom stereocenters. The van der Waals surface area contributed by atoms with Crippen LogP contribution in [0.25, 0.3) is 0 Å². The average molecular weight is 673 g/mol. The Morgan fingerprint density at radius 2 is 1.75 bits per heavy atom. The Morgan fingerprint density at radius 3 is 2.48 bits per heavy atom. The lowest BCUT2D eigenvalue weighted by Crippen LogP contribution is -2.52. The minimum absolute atomic E-state index is 0.0711. The van der Waals surface area contributed by atoms with Gasteiger partial charge in [-0.2, -0.15) is 0 Å². The standard InChI is InChI=1S/C35H34BrN3O4S/c1-2-21-35(34(41)39-37-24-27-9-6-7-12-31(27)44-30-10-4-3-5-11-30)32(25-13-17-28(36)18-14-25)43-33(38-35)26-15-19-29(20-16-26)42-23-8-22-40/h2-7,9-20,32,37,40H,1,8,21-24H2,(H,39,41)/t32-,35-/m0/s1. The van der Waals surface area contributed by atoms with Crippen molar-refractivity contribution in [2.24, 2.45) is 4.99 Å². The van der Waals surface area contributed by atoms with Crippen LogP contribution in [0.5, 0.6) is 5.75 Å². The molecule has 0 saturated heterocycles. The Balaban J connectivity index is 1.38. The maximum Gasteiger partial charge on any atom is 0.266 e. The third-order valence-electron chi connectivity index (χ3n) is 7.08. The zero-order chi connectivity index (χ0) is 30.8. The van der Waals surface area contributed by atoms with Gasteiger partial charge in [0.25, 0.3) is 5.91 Å². The summed E-state index contributed by atoms with van der Waals surface area (Å²) in [4.78, 5) is 21.3. The lowest BCUT2D eigenvalue weighted by molar-refractivity contribution is -0.129. The fourth-order valence-corrected chi connectivity index (χ4v) is 6.10. The van der Waals surface area contributed by atoms with Gasteiger partial charge in [-0.1, -0.05) is 82.3 Å². The quantitative estimate of drug-likeness (QED) is 0.0759. The van der Waals surface area contributed by atoms with Crippen molar-refractivity contribution in [3.8, 4) is 5.75 Å². The topological polar surface area (TPSA) is 92.2 Å². The van der Waals surface area contributed by atoms with E-state index in [0.29, 0.717) is 31.2 Å². The number of hydrazine groups is 1. The van der Waals surface area contributed by atoms with Gasteiger partial charge in [0.2, 0.25) is 5.90 Å². The van der Waals surface area contributed by atoms with Gasteiger partial charge in [-0.15, -0.1) is 6.58 Å². The number of aliphatic hydroxyl groups is 1. The van der Waals surface area contributed by atoms with Crippen LogP contribution in [0.3, 0.4) is 0 Å². The van der Waals surface area contributed by atoms with Crippen molar-refractivity contribution < 1.29 is 19.4 Å². The molecule has 44 heavy (non-hydrogen) atoms. The number of aliphatic hydroxyl groups excluding tert-OH is 1. The molecule has 0 bridgehead atoms. The van der Waals surface area contributed by atoms with E-state index < -0.39 is 11.6 Å². The largest absolute Gasteiger partial charge is 0.494 e. The van der Waals surface area contributed by atoms with Gasteiger partial charge in [-0.25, -0.2) is 10.4 Å². The van der Waals surface area contributed by atoms with Crippen LogP contribution in [0.1, 0.15) is 35.6 Å². The average Bonchev–Trinajstić information content (AvgIpc) is 3.44. The molecule has 4 aromatic rings. The molecule has 9 heteroatoms. The van der Waals surface area contributed by atoms with E-state index in [1.165, 1.54) is 0 Å². The van der Waals surface area contributed by atoms with Gasteiger partial charge in [0.15, 0.2) is 11.6 Å². The molecule has 4 aromatic carbocycles. The molecule has 0 aliphatic carbocycles. The number of ether oxygens (including phenoxy) is 2. The van der Waals surface area contributed by atoms with Crippen LogP contribution in [0.2, 0.25) is 0 Å². The number of amides is 1. The minimum atomic E-state index is -1.30. The Hall–Kier alpha value is -3.89. The lowest BCUT2D eigenvalue weighted by atomic mass is 9.84. The van der Waals surface area contributed by atoms with Gasteiger partial charge in [-0.3, -0.25) is 10.2 Å². The van der Waals surface area contributed by atoms with Crippen molar-refractivity contribution in [1.82, 2.24) is 10.9 Å². The summed E-state index contributed by atoms with van der Waals surface area (Å²) in [6, 6.07) is 33.4. The van der Waals surface area contributed by atoms with Crippen LogP contribution in [-0.4, -0.2) is 35.7 Å². The maximum atomic E-state index is 14.1. The van der Waals surface area contributed by atoms with Crippen LogP contribution in [0, 0.1) is 0 Å². The molecule has 0 saturated carbocycles. The van der Waals surface area contributed by atoms with E-state index in [2.05, 4.69) is 51.6 Å². The fraction of sp³-hybridized carbons (Fsp3) is 0.200. The van der Waals surface area contributed by atoms with Crippen LogP contribution in [0.4, 0.5) is 0 Å². The summed E-state index contributed by atoms with van der Waals surface area (Å²) in [6.45, 7) is 4.86. The first-order valence-corrected chi connectivity index (χ1v) is 15.9. The monoisotopic (exact) mass is 671 g/mol. The molecule has 5 rings (SSSR count). The Labute approximate surface area is 270 Å². The molecule has 1 aliphatic heterocycles. The molecule has 0 radical (unpaired) electrons. The van der Waals surface area contributed by atoms with Crippen LogP contribution >= 0.6 is 27.7 Å². The summed E-state index contributed by atoms with van der Waals surface area (Å²) >= 11 is 5.18. The second-order valence-electron chi connectivity index (χ2n) is 10.2. The Morgan fingerprint density at radius 1 is 1.02 bits per heavy atom. The number of rotatable bonds is 14. The predicted octanol–water partition coefficient (Wildman–Crippen LogP) is 7.02. The van der Waals surface area contributed by atoms with Crippen molar-refractivity contribution >= 4 is 39.5 Å². The van der Waals surface area contributed by atoms with E-state index in [1.807, 2.05) is 84.9 Å². The van der Waals surface area contributed by atoms with Gasteiger partial charge < -0.3 is 14.6 Å². The number of carbonyl (C=O) groups is 1. The first-order chi connectivity index (χ1) is 21.5. The molecule has 0 fully saturated rings. The molecule has 2 atom stereocenters. The van der Waals surface area contributed by atoms with Crippen LogP contribution in [0.15, 0.2) is 135 Å². The summed E-state index contributed by atoms with van der Waals surface area (Å²) in [6.07, 6.45) is 1.82. The highest BCUT2D eigenvalue weighted by Crippen LogP contribution is 2.43. The van der Waals surface area contributed by atoms with E-state index in [9.17, 15) is 4.79 Å². The number of carbonyl (C=O) groups excluding carboxylic acids is 1. The fourth-order valence-electron chi connectivity index (χ4n) is 4.87. The first-order valence-electron chi connectivity index (χ1n) is 14.3. The highest BCUT2D eigenvalue weighted by molar-refractivity contribution is 9.10. The minimum Gasteiger partial charge on any atom is -0.494 e. The summed E-state index contributed by atoms with van der Waals surface area (Å²) in [7, 11) is 0. The van der Waals surface area contributed by atoms with E-state index in [4.69, 9.17) is 19.6 Å². The Bertz CT molecular complexity index is 1580. The number of halogens is 1. The second-order valence-corrected chi connectivity index (χ2v) is 12.2. The number of hydrogen-bond acceptors (Lipinski definition) is 7. The molecule has 3 N–H and O–H groups in total. The molecular weight excluding hydrogens is 638 g/mol. The molecule has 226 valence electrons. The molecule has 1 heterocycles. The molecule has 0 spiro atoms. The molecule has 1 amide bonds. The van der Waals surface area contributed by atoms with Crippen LogP contribution < -0.4 is 15.6 Å². The number of hydrogen-bond donors (Lipinski definition) is 3. The summed E-state index contributed by atoms with van der Waals surface area (Å²) < 4.78 is 13.1. The first kappa shape index (κ1) is 31.5. The lowest BCUT2D eigenvalue weighted by Gasteiger charge is -2.29. The third-order valence-corrected chi connectivity index (χ3v) is 8.74. The van der Waals surface area contributed by atoms with Gasteiger partial charge in [-0.05, 0) is 65.7 Å². The summed E-state index contributed by atoms with van der Waals surface area (Å²) in [5.74, 6) is 0.717. The van der Waals surface area contributed by atoms with Gasteiger partial charge >= 0.3 is 0 Å². The zero-order valence-electron chi connectivity index (χ0n) is 24.1. The molecular formula is C35H34BrN3O4S. The number of nitrogens with one attached hydrogen (secondary N) is 2. The Kier molecular flexibility index (Phi) is 10.9. The van der Waals surface area contributed by atoms with Gasteiger partial charge in [0.05, 0.1) is 6.61 Å². The van der Waals surface area contributed by atoms with Crippen molar-refractivity contribution in [3.63, 3.8) is 0 Å². The van der Waals surface area contributed by atoms with E-state index in [1.54, 1.807) is 17.8 Å². The zero-order valence-corrected chi connectivity index (χ0v) is 26.5. The van der Waals surface area contributed by atoms with Crippen molar-refractivity contribution in [2.75, 3.05) is 13.2 Å². The molecule has 0 aromatic heterocycles. The number of aliphatic imine (C=N–C) groups is 1. The van der Waals surface area contributed by atoms with Gasteiger partial charge in [0.1, 0.15) is 5.75 Å². The van der Waals surface area contributed by atoms with E-state index >= 15 is 0 Å². The van der Waals surface area contributed by atoms with Crippen LogP contribution in [-0.2, 0) is 16.1 Å². The summed E-state index contributed by atoms with van der Waals surface area (Å²) in [5, 5.41) is 9.02. The van der Waals surface area contributed by atoms with E-state index in [-0.39, 0.29) is 18.9 Å². The molecule has 1 aliphatic rings. The third kappa shape index (κ3) is 7.60. The highest BCUT2D eigenvalue weighted by Gasteiger charge is 2.52. The van der Waals surface area contributed by atoms with Crippen molar-refractivity contribution in [2.45, 2.75) is 40.8 Å². The second kappa shape index (κ2) is 15.2. The van der Waals surface area contributed by atoms with Gasteiger partial charge in [0, 0.05) is 45.8 Å². The molecule has 7 nitrogen and oxygen atoms in total. The van der Waals surface area contributed by atoms with E-state index in [0.717, 1.165) is 31.0 Å². The summed E-state index contributed by atoms with van der Waals surface area (Å²) in [5.41, 5.74) is 7.36.